The smallest absolute Gasteiger partial charge is 0.269 e. The number of nitro benzene ring substituents is 1. The zero-order valence-electron chi connectivity index (χ0n) is 15.3. The average molecular weight is 363 g/mol. The number of ketones is 1. The highest BCUT2D eigenvalue weighted by molar-refractivity contribution is 6.02. The number of non-ortho nitro benzene ring substituents is 1. The highest BCUT2D eigenvalue weighted by Gasteiger charge is 2.38. The lowest BCUT2D eigenvalue weighted by Gasteiger charge is -2.34. The summed E-state index contributed by atoms with van der Waals surface area (Å²) in [6.45, 7) is 4.19. The van der Waals surface area contributed by atoms with Crippen LogP contribution in [0.5, 0.6) is 0 Å². The fraction of sp³-hybridized carbons (Fsp3) is 0.286. The molecule has 1 heterocycles. The summed E-state index contributed by atoms with van der Waals surface area (Å²) in [5, 5.41) is 17.9. The molecule has 0 radical (unpaired) electrons. The lowest BCUT2D eigenvalue weighted by molar-refractivity contribution is -0.384. The quantitative estimate of drug-likeness (QED) is 0.590. The number of nitro groups is 1. The van der Waals surface area contributed by atoms with Gasteiger partial charge in [0.1, 0.15) is 0 Å². The number of benzene rings is 2. The molecule has 0 fully saturated rings. The van der Waals surface area contributed by atoms with Gasteiger partial charge in [0, 0.05) is 18.6 Å². The maximum absolute atomic E-state index is 12.9. The highest BCUT2D eigenvalue weighted by Crippen LogP contribution is 2.46. The molecular weight excluding hydrogens is 342 g/mol. The second-order valence-electron chi connectivity index (χ2n) is 7.94. The van der Waals surface area contributed by atoms with E-state index in [4.69, 9.17) is 0 Å². The maximum Gasteiger partial charge on any atom is 0.269 e. The second-order valence-corrected chi connectivity index (χ2v) is 7.94. The molecule has 2 aliphatic rings. The van der Waals surface area contributed by atoms with Crippen LogP contribution in [0.1, 0.15) is 38.3 Å². The van der Waals surface area contributed by atoms with Gasteiger partial charge in [-0.1, -0.05) is 26.0 Å². The molecule has 6 nitrogen and oxygen atoms in total. The molecule has 0 spiro atoms. The Labute approximate surface area is 157 Å². The van der Waals surface area contributed by atoms with Crippen LogP contribution < -0.4 is 10.6 Å². The van der Waals surface area contributed by atoms with Gasteiger partial charge in [0.15, 0.2) is 5.78 Å². The van der Waals surface area contributed by atoms with Crippen LogP contribution in [0.3, 0.4) is 0 Å². The van der Waals surface area contributed by atoms with E-state index in [1.807, 2.05) is 24.3 Å². The van der Waals surface area contributed by atoms with Crippen LogP contribution >= 0.6 is 0 Å². The molecule has 1 aliphatic carbocycles. The first-order valence-electron chi connectivity index (χ1n) is 8.97. The standard InChI is InChI=1S/C21H21N3O3/c1-21(2)11-15-19(13-7-9-14(10-8-13)24(26)27)22-16-5-3-4-6-17(16)23-20(15)18(25)12-21/h3-10,19,22-23H,11-12H2,1-2H3. The Morgan fingerprint density at radius 2 is 1.70 bits per heavy atom. The molecular formula is C21H21N3O3. The molecule has 27 heavy (non-hydrogen) atoms. The molecule has 138 valence electrons. The number of nitrogens with zero attached hydrogens (tertiary/aromatic N) is 1. The van der Waals surface area contributed by atoms with E-state index in [-0.39, 0.29) is 22.9 Å². The Morgan fingerprint density at radius 3 is 2.37 bits per heavy atom. The largest absolute Gasteiger partial charge is 0.373 e. The van der Waals surface area contributed by atoms with Crippen LogP contribution in [0.15, 0.2) is 59.8 Å². The summed E-state index contributed by atoms with van der Waals surface area (Å²) in [6.07, 6.45) is 1.26. The summed E-state index contributed by atoms with van der Waals surface area (Å²) in [5.74, 6) is 0.103. The zero-order valence-corrected chi connectivity index (χ0v) is 15.3. The first kappa shape index (κ1) is 17.3. The minimum Gasteiger partial charge on any atom is -0.373 e. The molecule has 2 N–H and O–H groups in total. The van der Waals surface area contributed by atoms with Gasteiger partial charge in [-0.2, -0.15) is 0 Å². The Balaban J connectivity index is 1.85. The average Bonchev–Trinajstić information content (AvgIpc) is 2.78. The maximum atomic E-state index is 12.9. The fourth-order valence-corrected chi connectivity index (χ4v) is 3.93. The first-order chi connectivity index (χ1) is 12.8. The van der Waals surface area contributed by atoms with Gasteiger partial charge in [-0.25, -0.2) is 0 Å². The summed E-state index contributed by atoms with van der Waals surface area (Å²) in [6, 6.07) is 14.1. The molecule has 1 unspecified atom stereocenters. The van der Waals surface area contributed by atoms with Crippen molar-refractivity contribution in [3.63, 3.8) is 0 Å². The molecule has 0 amide bonds. The Hall–Kier alpha value is -3.15. The Morgan fingerprint density at radius 1 is 1.04 bits per heavy atom. The number of anilines is 2. The first-order valence-corrected chi connectivity index (χ1v) is 8.97. The predicted molar refractivity (Wildman–Crippen MR) is 105 cm³/mol. The van der Waals surface area contributed by atoms with Gasteiger partial charge in [-0.15, -0.1) is 0 Å². The van der Waals surface area contributed by atoms with Crippen molar-refractivity contribution in [1.82, 2.24) is 0 Å². The van der Waals surface area contributed by atoms with Gasteiger partial charge in [0.2, 0.25) is 0 Å². The van der Waals surface area contributed by atoms with Gasteiger partial charge < -0.3 is 10.6 Å². The van der Waals surface area contributed by atoms with E-state index >= 15 is 0 Å². The van der Waals surface area contributed by atoms with Gasteiger partial charge >= 0.3 is 0 Å². The van der Waals surface area contributed by atoms with E-state index in [1.165, 1.54) is 12.1 Å². The topological polar surface area (TPSA) is 84.3 Å². The summed E-state index contributed by atoms with van der Waals surface area (Å²) in [4.78, 5) is 23.5. The van der Waals surface area contributed by atoms with E-state index in [0.29, 0.717) is 12.1 Å². The number of nitrogens with one attached hydrogen (secondary N) is 2. The molecule has 2 aromatic rings. The predicted octanol–water partition coefficient (Wildman–Crippen LogP) is 4.82. The number of allylic oxidation sites excluding steroid dienone is 1. The normalized spacial score (nSPS) is 20.7. The summed E-state index contributed by atoms with van der Waals surface area (Å²) in [7, 11) is 0. The van der Waals surface area contributed by atoms with Crippen LogP contribution in [0.2, 0.25) is 0 Å². The summed E-state index contributed by atoms with van der Waals surface area (Å²) < 4.78 is 0. The van der Waals surface area contributed by atoms with Crippen molar-refractivity contribution in [3.05, 3.63) is 75.5 Å². The van der Waals surface area contributed by atoms with Crippen LogP contribution in [0.25, 0.3) is 0 Å². The molecule has 6 heteroatoms. The van der Waals surface area contributed by atoms with E-state index in [0.717, 1.165) is 28.9 Å². The van der Waals surface area contributed by atoms with Crippen molar-refractivity contribution in [1.29, 1.82) is 0 Å². The van der Waals surface area contributed by atoms with Gasteiger partial charge in [-0.3, -0.25) is 14.9 Å². The third kappa shape index (κ3) is 3.18. The van der Waals surface area contributed by atoms with E-state index in [2.05, 4.69) is 24.5 Å². The Kier molecular flexibility index (Phi) is 3.98. The lowest BCUT2D eigenvalue weighted by Crippen LogP contribution is -2.31. The van der Waals surface area contributed by atoms with Crippen molar-refractivity contribution < 1.29 is 9.72 Å². The number of rotatable bonds is 2. The van der Waals surface area contributed by atoms with Crippen molar-refractivity contribution in [2.75, 3.05) is 10.6 Å². The molecule has 4 rings (SSSR count). The molecule has 0 saturated carbocycles. The third-order valence-corrected chi connectivity index (χ3v) is 5.18. The molecule has 2 aromatic carbocycles. The third-order valence-electron chi connectivity index (χ3n) is 5.18. The molecule has 1 aliphatic heterocycles. The number of carbonyl (C=O) groups excluding carboxylic acids is 1. The van der Waals surface area contributed by atoms with Crippen LogP contribution in [0.4, 0.5) is 17.1 Å². The molecule has 0 saturated heterocycles. The van der Waals surface area contributed by atoms with E-state index in [9.17, 15) is 14.9 Å². The number of fused-ring (bicyclic) bond motifs is 1. The van der Waals surface area contributed by atoms with Gasteiger partial charge in [-0.05, 0) is 47.2 Å². The van der Waals surface area contributed by atoms with Crippen molar-refractivity contribution in [2.45, 2.75) is 32.7 Å². The van der Waals surface area contributed by atoms with E-state index < -0.39 is 4.92 Å². The van der Waals surface area contributed by atoms with Crippen LogP contribution in [-0.2, 0) is 4.79 Å². The number of para-hydroxylation sites is 2. The van der Waals surface area contributed by atoms with Crippen LogP contribution in [0, 0.1) is 15.5 Å². The van der Waals surface area contributed by atoms with Gasteiger partial charge in [0.25, 0.3) is 5.69 Å². The number of hydrogen-bond donors (Lipinski definition) is 2. The SMILES string of the molecule is CC1(C)CC(=O)C2=C(C1)C(c1ccc([N+](=O)[O-])cc1)Nc1ccccc1N2. The lowest BCUT2D eigenvalue weighted by atomic mass is 9.73. The molecule has 1 atom stereocenters. The number of hydrogen-bond acceptors (Lipinski definition) is 5. The van der Waals surface area contributed by atoms with Crippen LogP contribution in [-0.4, -0.2) is 10.7 Å². The number of Topliss-reactive ketones (excluding diaryl/α,β-unsaturated/α-hetero) is 1. The van der Waals surface area contributed by atoms with E-state index in [1.54, 1.807) is 12.1 Å². The second kappa shape index (κ2) is 6.23. The van der Waals surface area contributed by atoms with Gasteiger partial charge in [0.05, 0.1) is 28.0 Å². The summed E-state index contributed by atoms with van der Waals surface area (Å²) in [5.41, 5.74) is 4.24. The summed E-state index contributed by atoms with van der Waals surface area (Å²) >= 11 is 0. The zero-order chi connectivity index (χ0) is 19.2. The van der Waals surface area contributed by atoms with Crippen molar-refractivity contribution in [3.8, 4) is 0 Å². The monoisotopic (exact) mass is 363 g/mol. The van der Waals surface area contributed by atoms with Crippen molar-refractivity contribution in [2.24, 2.45) is 5.41 Å². The number of carbonyl (C=O) groups is 1. The highest BCUT2D eigenvalue weighted by atomic mass is 16.6. The minimum atomic E-state index is -0.404. The molecule has 0 aromatic heterocycles. The van der Waals surface area contributed by atoms with Crippen molar-refractivity contribution >= 4 is 22.8 Å². The fourth-order valence-electron chi connectivity index (χ4n) is 3.93. The minimum absolute atomic E-state index is 0.0557. The Bertz CT molecular complexity index is 961. The molecule has 0 bridgehead atoms.